The Balaban J connectivity index is 2.25. The molecular formula is C14H15IN2. The highest BCUT2D eigenvalue weighted by Gasteiger charge is 2.30. The summed E-state index contributed by atoms with van der Waals surface area (Å²) in [4.78, 5) is 4.56. The summed E-state index contributed by atoms with van der Waals surface area (Å²) in [5, 5.41) is 0. The Bertz CT molecular complexity index is 547. The second-order valence-electron chi connectivity index (χ2n) is 4.91. The number of hydrogen-bond donors (Lipinski definition) is 0. The molecule has 0 fully saturated rings. The maximum Gasteiger partial charge on any atom is 0.140 e. The predicted octanol–water partition coefficient (Wildman–Crippen LogP) is 3.65. The number of alkyl halides is 1. The van der Waals surface area contributed by atoms with Crippen molar-refractivity contribution in [1.82, 2.24) is 9.55 Å². The van der Waals surface area contributed by atoms with E-state index in [0.717, 1.165) is 16.7 Å². The first-order valence-corrected chi connectivity index (χ1v) is 7.45. The highest BCUT2D eigenvalue weighted by atomic mass is 127. The van der Waals surface area contributed by atoms with Gasteiger partial charge in [0.1, 0.15) is 5.82 Å². The number of hydrogen-bond acceptors (Lipinski definition) is 1. The van der Waals surface area contributed by atoms with Crippen molar-refractivity contribution in [3.05, 3.63) is 42.2 Å². The van der Waals surface area contributed by atoms with Crippen LogP contribution in [-0.2, 0) is 12.0 Å². The van der Waals surface area contributed by atoms with Crippen molar-refractivity contribution in [2.45, 2.75) is 25.3 Å². The number of fused-ring (bicyclic) bond motifs is 3. The number of nitrogens with zero attached hydrogens (tertiary/aromatic N) is 2. The van der Waals surface area contributed by atoms with Crippen molar-refractivity contribution in [3.63, 3.8) is 0 Å². The Labute approximate surface area is 115 Å². The van der Waals surface area contributed by atoms with Crippen LogP contribution in [0.15, 0.2) is 36.7 Å². The lowest BCUT2D eigenvalue weighted by molar-refractivity contribution is 0.350. The van der Waals surface area contributed by atoms with Crippen molar-refractivity contribution >= 4 is 22.6 Å². The van der Waals surface area contributed by atoms with Gasteiger partial charge >= 0.3 is 0 Å². The molecule has 0 aliphatic carbocycles. The third-order valence-corrected chi connectivity index (χ3v) is 5.34. The van der Waals surface area contributed by atoms with E-state index in [1.165, 1.54) is 17.5 Å². The lowest BCUT2D eigenvalue weighted by atomic mass is 9.96. The summed E-state index contributed by atoms with van der Waals surface area (Å²) in [6, 6.07) is 8.64. The summed E-state index contributed by atoms with van der Waals surface area (Å²) in [5.41, 5.74) is 2.91. The molecule has 0 radical (unpaired) electrons. The molecule has 0 bridgehead atoms. The van der Waals surface area contributed by atoms with Gasteiger partial charge in [-0.25, -0.2) is 4.98 Å². The SMILES string of the molecule is CC1(CI)CCc2ccccc2-c2nccn21. The normalized spacial score (nSPS) is 22.7. The Kier molecular flexibility index (Phi) is 2.73. The van der Waals surface area contributed by atoms with Crippen LogP contribution in [0.1, 0.15) is 18.9 Å². The Morgan fingerprint density at radius 3 is 3.06 bits per heavy atom. The summed E-state index contributed by atoms with van der Waals surface area (Å²) in [7, 11) is 0. The average Bonchev–Trinajstić information content (AvgIpc) is 2.82. The fraction of sp³-hybridized carbons (Fsp3) is 0.357. The quantitative estimate of drug-likeness (QED) is 0.573. The van der Waals surface area contributed by atoms with E-state index >= 15 is 0 Å². The van der Waals surface area contributed by atoms with Gasteiger partial charge in [-0.05, 0) is 25.3 Å². The van der Waals surface area contributed by atoms with E-state index in [9.17, 15) is 0 Å². The number of imidazole rings is 1. The Morgan fingerprint density at radius 1 is 1.41 bits per heavy atom. The van der Waals surface area contributed by atoms with Gasteiger partial charge in [-0.3, -0.25) is 0 Å². The fourth-order valence-electron chi connectivity index (χ4n) is 2.55. The molecule has 0 amide bonds. The number of aryl methyl sites for hydroxylation is 1. The molecular weight excluding hydrogens is 323 g/mol. The molecule has 2 nitrogen and oxygen atoms in total. The van der Waals surface area contributed by atoms with E-state index in [0.29, 0.717) is 0 Å². The fourth-order valence-corrected chi connectivity index (χ4v) is 3.30. The van der Waals surface area contributed by atoms with Crippen LogP contribution in [-0.4, -0.2) is 14.0 Å². The Hall–Kier alpha value is -0.840. The molecule has 3 heteroatoms. The zero-order valence-electron chi connectivity index (χ0n) is 9.86. The molecule has 88 valence electrons. The monoisotopic (exact) mass is 338 g/mol. The molecule has 1 unspecified atom stereocenters. The molecule has 2 heterocycles. The number of rotatable bonds is 1. The lowest BCUT2D eigenvalue weighted by Gasteiger charge is -2.29. The first kappa shape index (κ1) is 11.3. The van der Waals surface area contributed by atoms with Crippen molar-refractivity contribution in [2.24, 2.45) is 0 Å². The summed E-state index contributed by atoms with van der Waals surface area (Å²) >= 11 is 2.49. The van der Waals surface area contributed by atoms with E-state index < -0.39 is 0 Å². The summed E-state index contributed by atoms with van der Waals surface area (Å²) in [6.45, 7) is 2.33. The van der Waals surface area contributed by atoms with E-state index in [1.807, 2.05) is 6.20 Å². The maximum absolute atomic E-state index is 4.56. The van der Waals surface area contributed by atoms with Crippen molar-refractivity contribution < 1.29 is 0 Å². The van der Waals surface area contributed by atoms with Gasteiger partial charge < -0.3 is 4.57 Å². The molecule has 0 spiro atoms. The lowest BCUT2D eigenvalue weighted by Crippen LogP contribution is -2.31. The van der Waals surface area contributed by atoms with Gasteiger partial charge in [0.2, 0.25) is 0 Å². The summed E-state index contributed by atoms with van der Waals surface area (Å²) in [5.74, 6) is 1.12. The highest BCUT2D eigenvalue weighted by molar-refractivity contribution is 14.1. The number of benzene rings is 1. The van der Waals surface area contributed by atoms with Gasteiger partial charge in [0.05, 0.1) is 5.54 Å². The molecule has 17 heavy (non-hydrogen) atoms. The zero-order valence-corrected chi connectivity index (χ0v) is 12.0. The van der Waals surface area contributed by atoms with Gasteiger partial charge in [-0.15, -0.1) is 0 Å². The van der Waals surface area contributed by atoms with Gasteiger partial charge in [0.25, 0.3) is 0 Å². The molecule has 1 aliphatic rings. The highest BCUT2D eigenvalue weighted by Crippen LogP contribution is 2.36. The molecule has 0 saturated heterocycles. The summed E-state index contributed by atoms with van der Waals surface area (Å²) < 4.78 is 3.47. The topological polar surface area (TPSA) is 17.8 Å². The second-order valence-corrected chi connectivity index (χ2v) is 5.67. The largest absolute Gasteiger partial charge is 0.324 e. The van der Waals surface area contributed by atoms with E-state index in [4.69, 9.17) is 0 Å². The minimum Gasteiger partial charge on any atom is -0.324 e. The third kappa shape index (κ3) is 1.71. The molecule has 3 rings (SSSR count). The smallest absolute Gasteiger partial charge is 0.140 e. The van der Waals surface area contributed by atoms with Gasteiger partial charge in [0.15, 0.2) is 0 Å². The molecule has 2 aromatic rings. The predicted molar refractivity (Wildman–Crippen MR) is 78.5 cm³/mol. The third-order valence-electron chi connectivity index (χ3n) is 3.70. The van der Waals surface area contributed by atoms with Gasteiger partial charge in [-0.2, -0.15) is 0 Å². The number of halogens is 1. The zero-order chi connectivity index (χ0) is 11.9. The van der Waals surface area contributed by atoms with E-state index in [-0.39, 0.29) is 5.54 Å². The summed E-state index contributed by atoms with van der Waals surface area (Å²) in [6.07, 6.45) is 6.35. The molecule has 0 N–H and O–H groups in total. The van der Waals surface area contributed by atoms with Crippen molar-refractivity contribution in [1.29, 1.82) is 0 Å². The van der Waals surface area contributed by atoms with Gasteiger partial charge in [-0.1, -0.05) is 46.9 Å². The van der Waals surface area contributed by atoms with Crippen molar-refractivity contribution in [3.8, 4) is 11.4 Å². The minimum atomic E-state index is 0.186. The standard InChI is InChI=1S/C14H15IN2/c1-14(10-15)7-6-11-4-2-3-5-12(11)13-16-8-9-17(13)14/h2-5,8-9H,6-7,10H2,1H3. The van der Waals surface area contributed by atoms with Crippen LogP contribution >= 0.6 is 22.6 Å². The van der Waals surface area contributed by atoms with E-state index in [2.05, 4.69) is 69.5 Å². The molecule has 1 aromatic carbocycles. The molecule has 1 aromatic heterocycles. The van der Waals surface area contributed by atoms with Crippen LogP contribution in [0, 0.1) is 0 Å². The molecule has 0 saturated carbocycles. The van der Waals surface area contributed by atoms with Crippen LogP contribution in [0.5, 0.6) is 0 Å². The van der Waals surface area contributed by atoms with Crippen LogP contribution in [0.3, 0.4) is 0 Å². The first-order valence-electron chi connectivity index (χ1n) is 5.93. The molecule has 1 aliphatic heterocycles. The van der Waals surface area contributed by atoms with E-state index in [1.54, 1.807) is 0 Å². The minimum absolute atomic E-state index is 0.186. The average molecular weight is 338 g/mol. The number of aromatic nitrogens is 2. The van der Waals surface area contributed by atoms with Crippen LogP contribution in [0.25, 0.3) is 11.4 Å². The van der Waals surface area contributed by atoms with Crippen LogP contribution < -0.4 is 0 Å². The van der Waals surface area contributed by atoms with Crippen molar-refractivity contribution in [2.75, 3.05) is 4.43 Å². The van der Waals surface area contributed by atoms with Crippen LogP contribution in [0.4, 0.5) is 0 Å². The molecule has 1 atom stereocenters. The van der Waals surface area contributed by atoms with Crippen LogP contribution in [0.2, 0.25) is 0 Å². The Morgan fingerprint density at radius 2 is 2.24 bits per heavy atom. The second kappa shape index (κ2) is 4.12. The van der Waals surface area contributed by atoms with Gasteiger partial charge in [0, 0.05) is 22.4 Å². The first-order chi connectivity index (χ1) is 8.24. The maximum atomic E-state index is 4.56.